The number of aliphatic hydroxyl groups excluding tert-OH is 1. The molecule has 0 fully saturated rings. The van der Waals surface area contributed by atoms with Gasteiger partial charge in [0.2, 0.25) is 0 Å². The minimum absolute atomic E-state index is 0.530. The van der Waals surface area contributed by atoms with E-state index >= 15 is 0 Å². The Morgan fingerprint density at radius 2 is 2.21 bits per heavy atom. The molecule has 0 bridgehead atoms. The average Bonchev–Trinajstić information content (AvgIpc) is 2.70. The van der Waals surface area contributed by atoms with Crippen LogP contribution in [0.3, 0.4) is 0 Å². The third-order valence-electron chi connectivity index (χ3n) is 2.87. The highest BCUT2D eigenvalue weighted by molar-refractivity contribution is 9.10. The van der Waals surface area contributed by atoms with Crippen molar-refractivity contribution in [2.24, 2.45) is 0 Å². The molecule has 2 nitrogen and oxygen atoms in total. The third kappa shape index (κ3) is 3.31. The summed E-state index contributed by atoms with van der Waals surface area (Å²) in [5.74, 6) is 0.781. The van der Waals surface area contributed by atoms with Crippen LogP contribution in [0.2, 0.25) is 5.02 Å². The minimum Gasteiger partial charge on any atom is -0.496 e. The van der Waals surface area contributed by atoms with Crippen molar-refractivity contribution in [2.75, 3.05) is 7.11 Å². The second kappa shape index (κ2) is 6.27. The zero-order valence-corrected chi connectivity index (χ0v) is 13.8. The lowest BCUT2D eigenvalue weighted by atomic mass is 10.1. The fourth-order valence-electron chi connectivity index (χ4n) is 1.83. The Labute approximate surface area is 130 Å². The predicted molar refractivity (Wildman–Crippen MR) is 83.4 cm³/mol. The summed E-state index contributed by atoms with van der Waals surface area (Å²) >= 11 is 11.1. The van der Waals surface area contributed by atoms with Crippen LogP contribution in [0.25, 0.3) is 0 Å². The highest BCUT2D eigenvalue weighted by Gasteiger charge is 2.16. The maximum atomic E-state index is 10.3. The van der Waals surface area contributed by atoms with Gasteiger partial charge in [-0.15, -0.1) is 11.3 Å². The van der Waals surface area contributed by atoms with E-state index in [0.29, 0.717) is 11.4 Å². The molecule has 0 aliphatic carbocycles. The molecule has 1 heterocycles. The monoisotopic (exact) mass is 360 g/mol. The molecule has 1 N–H and O–H groups in total. The first-order chi connectivity index (χ1) is 9.02. The SMILES string of the molecule is COc1ccc(CC(O)c2scc(C)c2Cl)cc1Br. The molecule has 5 heteroatoms. The normalized spacial score (nSPS) is 12.5. The Hall–Kier alpha value is -0.550. The second-order valence-corrected chi connectivity index (χ2v) is 6.43. The topological polar surface area (TPSA) is 29.5 Å². The first kappa shape index (κ1) is 14.9. The molecular formula is C14H14BrClO2S. The molecule has 0 saturated heterocycles. The summed E-state index contributed by atoms with van der Waals surface area (Å²) < 4.78 is 6.07. The minimum atomic E-state index is -0.577. The molecular weight excluding hydrogens is 348 g/mol. The van der Waals surface area contributed by atoms with Gasteiger partial charge in [-0.05, 0) is 51.5 Å². The molecule has 1 aromatic heterocycles. The Balaban J connectivity index is 2.17. The lowest BCUT2D eigenvalue weighted by Crippen LogP contribution is -2.00. The van der Waals surface area contributed by atoms with Gasteiger partial charge in [0.15, 0.2) is 0 Å². The van der Waals surface area contributed by atoms with E-state index in [1.807, 2.05) is 30.5 Å². The first-order valence-corrected chi connectivity index (χ1v) is 7.82. The number of ether oxygens (including phenoxy) is 1. The number of rotatable bonds is 4. The van der Waals surface area contributed by atoms with Gasteiger partial charge in [-0.25, -0.2) is 0 Å². The molecule has 1 unspecified atom stereocenters. The fraction of sp³-hybridized carbons (Fsp3) is 0.286. The Bertz CT molecular complexity index is 583. The number of thiophene rings is 1. The number of methoxy groups -OCH3 is 1. The van der Waals surface area contributed by atoms with Gasteiger partial charge in [-0.2, -0.15) is 0 Å². The summed E-state index contributed by atoms with van der Waals surface area (Å²) in [5.41, 5.74) is 2.04. The largest absolute Gasteiger partial charge is 0.496 e. The van der Waals surface area contributed by atoms with Crippen LogP contribution in [0.4, 0.5) is 0 Å². The maximum absolute atomic E-state index is 10.3. The molecule has 0 saturated carbocycles. The van der Waals surface area contributed by atoms with Crippen LogP contribution in [0.1, 0.15) is 22.1 Å². The van der Waals surface area contributed by atoms with Crippen molar-refractivity contribution < 1.29 is 9.84 Å². The van der Waals surface area contributed by atoms with E-state index in [9.17, 15) is 5.11 Å². The number of halogens is 2. The predicted octanol–water partition coefficient (Wildman–Crippen LogP) is 4.76. The van der Waals surface area contributed by atoms with Crippen molar-refractivity contribution in [1.29, 1.82) is 0 Å². The highest BCUT2D eigenvalue weighted by atomic mass is 79.9. The lowest BCUT2D eigenvalue weighted by molar-refractivity contribution is 0.182. The van der Waals surface area contributed by atoms with Gasteiger partial charge in [0, 0.05) is 6.42 Å². The summed E-state index contributed by atoms with van der Waals surface area (Å²) in [7, 11) is 1.63. The Morgan fingerprint density at radius 1 is 1.47 bits per heavy atom. The van der Waals surface area contributed by atoms with E-state index in [4.69, 9.17) is 16.3 Å². The lowest BCUT2D eigenvalue weighted by Gasteiger charge is -2.11. The molecule has 0 aliphatic heterocycles. The van der Waals surface area contributed by atoms with Crippen LogP contribution >= 0.6 is 38.9 Å². The molecule has 102 valence electrons. The van der Waals surface area contributed by atoms with Gasteiger partial charge in [-0.1, -0.05) is 17.7 Å². The van der Waals surface area contributed by atoms with Crippen LogP contribution in [0.5, 0.6) is 5.75 Å². The summed E-state index contributed by atoms with van der Waals surface area (Å²) in [6, 6.07) is 5.78. The Kier molecular flexibility index (Phi) is 4.90. The van der Waals surface area contributed by atoms with E-state index in [-0.39, 0.29) is 0 Å². The number of hydrogen-bond acceptors (Lipinski definition) is 3. The van der Waals surface area contributed by atoms with Gasteiger partial charge in [0.25, 0.3) is 0 Å². The van der Waals surface area contributed by atoms with Crippen molar-refractivity contribution in [1.82, 2.24) is 0 Å². The summed E-state index contributed by atoms with van der Waals surface area (Å²) in [6.07, 6.45) is -0.0473. The smallest absolute Gasteiger partial charge is 0.133 e. The fourth-order valence-corrected chi connectivity index (χ4v) is 3.72. The van der Waals surface area contributed by atoms with Crippen LogP contribution in [0.15, 0.2) is 28.1 Å². The molecule has 2 rings (SSSR count). The van der Waals surface area contributed by atoms with E-state index in [0.717, 1.165) is 26.2 Å². The van der Waals surface area contributed by atoms with E-state index in [1.54, 1.807) is 7.11 Å². The number of hydrogen-bond donors (Lipinski definition) is 1. The zero-order chi connectivity index (χ0) is 14.0. The van der Waals surface area contributed by atoms with Crippen LogP contribution in [-0.2, 0) is 6.42 Å². The van der Waals surface area contributed by atoms with Crippen LogP contribution < -0.4 is 4.74 Å². The zero-order valence-electron chi connectivity index (χ0n) is 10.6. The molecule has 19 heavy (non-hydrogen) atoms. The van der Waals surface area contributed by atoms with E-state index in [2.05, 4.69) is 15.9 Å². The quantitative estimate of drug-likeness (QED) is 0.851. The molecule has 1 aromatic carbocycles. The van der Waals surface area contributed by atoms with E-state index in [1.165, 1.54) is 11.3 Å². The van der Waals surface area contributed by atoms with Crippen molar-refractivity contribution >= 4 is 38.9 Å². The van der Waals surface area contributed by atoms with Crippen molar-refractivity contribution in [3.8, 4) is 5.75 Å². The van der Waals surface area contributed by atoms with Gasteiger partial charge in [0.05, 0.1) is 27.6 Å². The van der Waals surface area contributed by atoms with Gasteiger partial charge < -0.3 is 9.84 Å². The highest BCUT2D eigenvalue weighted by Crippen LogP contribution is 2.35. The molecule has 1 atom stereocenters. The van der Waals surface area contributed by atoms with E-state index < -0.39 is 6.10 Å². The van der Waals surface area contributed by atoms with Crippen LogP contribution in [-0.4, -0.2) is 12.2 Å². The standard InChI is InChI=1S/C14H14BrClO2S/c1-8-7-19-14(13(8)16)11(17)6-9-3-4-12(18-2)10(15)5-9/h3-5,7,11,17H,6H2,1-2H3. The van der Waals surface area contributed by atoms with Crippen molar-refractivity contribution in [3.63, 3.8) is 0 Å². The van der Waals surface area contributed by atoms with Crippen LogP contribution in [0, 0.1) is 6.92 Å². The summed E-state index contributed by atoms with van der Waals surface area (Å²) in [4.78, 5) is 0.825. The number of aryl methyl sites for hydroxylation is 1. The third-order valence-corrected chi connectivity index (χ3v) is 5.31. The number of aliphatic hydroxyl groups is 1. The van der Waals surface area contributed by atoms with Gasteiger partial charge >= 0.3 is 0 Å². The van der Waals surface area contributed by atoms with Gasteiger partial charge in [0.1, 0.15) is 5.75 Å². The van der Waals surface area contributed by atoms with Crippen molar-refractivity contribution in [2.45, 2.75) is 19.4 Å². The van der Waals surface area contributed by atoms with Gasteiger partial charge in [-0.3, -0.25) is 0 Å². The molecule has 0 aliphatic rings. The summed E-state index contributed by atoms with van der Waals surface area (Å²) in [5, 5.41) is 12.9. The Morgan fingerprint density at radius 3 is 2.74 bits per heavy atom. The first-order valence-electron chi connectivity index (χ1n) is 5.77. The average molecular weight is 362 g/mol. The molecule has 0 amide bonds. The molecule has 2 aromatic rings. The maximum Gasteiger partial charge on any atom is 0.133 e. The van der Waals surface area contributed by atoms with Crippen molar-refractivity contribution in [3.05, 3.63) is 49.1 Å². The summed E-state index contributed by atoms with van der Waals surface area (Å²) in [6.45, 7) is 1.94. The molecule has 0 spiro atoms. The molecule has 0 radical (unpaired) electrons. The second-order valence-electron chi connectivity index (χ2n) is 4.29. The number of benzene rings is 1.